The van der Waals surface area contributed by atoms with Crippen LogP contribution in [0.25, 0.3) is 0 Å². The number of hydrogen-bond donors (Lipinski definition) is 0. The molecule has 0 aromatic heterocycles. The predicted octanol–water partition coefficient (Wildman–Crippen LogP) is 2.76. The highest BCUT2D eigenvalue weighted by molar-refractivity contribution is 6.76. The Bertz CT molecular complexity index is 320. The number of carbonyl (C=O) groups is 2. The summed E-state index contributed by atoms with van der Waals surface area (Å²) in [5.41, 5.74) is -0.493. The van der Waals surface area contributed by atoms with Gasteiger partial charge in [-0.2, -0.15) is 0 Å². The van der Waals surface area contributed by atoms with Crippen molar-refractivity contribution in [3.8, 4) is 0 Å². The molecule has 0 aliphatic heterocycles. The van der Waals surface area contributed by atoms with Crippen molar-refractivity contribution in [2.75, 3.05) is 6.61 Å². The number of ether oxygens (including phenoxy) is 1. The molecule has 0 radical (unpaired) electrons. The normalized spacial score (nSPS) is 27.4. The van der Waals surface area contributed by atoms with Gasteiger partial charge in [0.1, 0.15) is 0 Å². The predicted molar refractivity (Wildman–Crippen MR) is 62.7 cm³/mol. The second-order valence-electron chi connectivity index (χ2n) is 4.39. The van der Waals surface area contributed by atoms with E-state index in [0.717, 1.165) is 0 Å². The van der Waals surface area contributed by atoms with Crippen molar-refractivity contribution < 1.29 is 14.3 Å². The molecule has 1 aliphatic carbocycles. The second-order valence-corrected chi connectivity index (χ2v) is 6.67. The Morgan fingerprint density at radius 2 is 1.75 bits per heavy atom. The molecule has 16 heavy (non-hydrogen) atoms. The van der Waals surface area contributed by atoms with Crippen molar-refractivity contribution in [2.45, 2.75) is 24.6 Å². The van der Waals surface area contributed by atoms with Crippen LogP contribution in [0.5, 0.6) is 0 Å². The van der Waals surface area contributed by atoms with Crippen LogP contribution < -0.4 is 0 Å². The van der Waals surface area contributed by atoms with Crippen molar-refractivity contribution >= 4 is 46.6 Å². The quantitative estimate of drug-likeness (QED) is 0.592. The standard InChI is InChI=1S/C10H13Cl3O3/c1-4-16-8(15)6-5(9(6,2)3)7(14)10(11,12)13/h5-6H,4H2,1-3H3/t5-,6-/m1/s1. The van der Waals surface area contributed by atoms with Crippen LogP contribution in [0.1, 0.15) is 20.8 Å². The van der Waals surface area contributed by atoms with Gasteiger partial charge in [-0.15, -0.1) is 0 Å². The molecule has 0 N–H and O–H groups in total. The van der Waals surface area contributed by atoms with Crippen molar-refractivity contribution in [1.29, 1.82) is 0 Å². The summed E-state index contributed by atoms with van der Waals surface area (Å²) >= 11 is 16.6. The molecule has 0 spiro atoms. The van der Waals surface area contributed by atoms with Gasteiger partial charge >= 0.3 is 5.97 Å². The lowest BCUT2D eigenvalue weighted by atomic mass is 10.1. The number of alkyl halides is 3. The van der Waals surface area contributed by atoms with Crippen molar-refractivity contribution in [3.05, 3.63) is 0 Å². The van der Waals surface area contributed by atoms with Gasteiger partial charge in [-0.3, -0.25) is 9.59 Å². The lowest BCUT2D eigenvalue weighted by molar-refractivity contribution is -0.146. The number of ketones is 1. The zero-order chi connectivity index (χ0) is 12.7. The minimum Gasteiger partial charge on any atom is -0.466 e. The fourth-order valence-corrected chi connectivity index (χ4v) is 2.33. The lowest BCUT2D eigenvalue weighted by Crippen LogP contribution is -2.23. The molecule has 0 aromatic carbocycles. The van der Waals surface area contributed by atoms with Crippen LogP contribution in [0, 0.1) is 17.3 Å². The average Bonchev–Trinajstić information content (AvgIpc) is 2.66. The Hall–Kier alpha value is 0.01000. The van der Waals surface area contributed by atoms with Gasteiger partial charge in [0.15, 0.2) is 5.78 Å². The number of rotatable bonds is 3. The minimum atomic E-state index is -1.97. The largest absolute Gasteiger partial charge is 0.466 e. The van der Waals surface area contributed by atoms with Crippen LogP contribution in [0.2, 0.25) is 0 Å². The zero-order valence-electron chi connectivity index (χ0n) is 9.22. The van der Waals surface area contributed by atoms with Crippen LogP contribution in [-0.4, -0.2) is 22.2 Å². The lowest BCUT2D eigenvalue weighted by Gasteiger charge is -2.09. The maximum atomic E-state index is 11.8. The molecule has 0 unspecified atom stereocenters. The Kier molecular flexibility index (Phi) is 3.83. The first kappa shape index (κ1) is 14.1. The third kappa shape index (κ3) is 2.47. The van der Waals surface area contributed by atoms with Crippen molar-refractivity contribution in [1.82, 2.24) is 0 Å². The highest BCUT2D eigenvalue weighted by Crippen LogP contribution is 2.61. The Morgan fingerprint density at radius 1 is 1.25 bits per heavy atom. The third-order valence-electron chi connectivity index (χ3n) is 2.93. The van der Waals surface area contributed by atoms with Crippen LogP contribution in [0.3, 0.4) is 0 Å². The van der Waals surface area contributed by atoms with Gasteiger partial charge in [-0.05, 0) is 12.3 Å². The number of hydrogen-bond acceptors (Lipinski definition) is 3. The second kappa shape index (κ2) is 4.35. The zero-order valence-corrected chi connectivity index (χ0v) is 11.5. The molecule has 0 amide bonds. The summed E-state index contributed by atoms with van der Waals surface area (Å²) in [4.78, 5) is 23.3. The SMILES string of the molecule is CCOC(=O)[C@H]1[C@H](C(=O)C(Cl)(Cl)Cl)C1(C)C. The average molecular weight is 288 g/mol. The maximum Gasteiger partial charge on any atom is 0.310 e. The van der Waals surface area contributed by atoms with Crippen LogP contribution >= 0.6 is 34.8 Å². The molecule has 0 saturated heterocycles. The van der Waals surface area contributed by atoms with Gasteiger partial charge < -0.3 is 4.74 Å². The van der Waals surface area contributed by atoms with E-state index in [1.165, 1.54) is 0 Å². The van der Waals surface area contributed by atoms with Crippen LogP contribution in [-0.2, 0) is 14.3 Å². The van der Waals surface area contributed by atoms with Gasteiger partial charge in [0.05, 0.1) is 12.5 Å². The molecule has 3 nitrogen and oxygen atoms in total. The van der Waals surface area contributed by atoms with Gasteiger partial charge in [0.2, 0.25) is 3.79 Å². The van der Waals surface area contributed by atoms with E-state index in [4.69, 9.17) is 39.5 Å². The summed E-state index contributed by atoms with van der Waals surface area (Å²) in [5.74, 6) is -2.02. The van der Waals surface area contributed by atoms with E-state index in [-0.39, 0.29) is 6.61 Å². The van der Waals surface area contributed by atoms with Crippen molar-refractivity contribution in [2.24, 2.45) is 17.3 Å². The molecule has 0 bridgehead atoms. The first-order chi connectivity index (χ1) is 7.14. The van der Waals surface area contributed by atoms with E-state index in [1.54, 1.807) is 20.8 Å². The molecule has 1 fully saturated rings. The fourth-order valence-electron chi connectivity index (χ4n) is 1.98. The first-order valence-electron chi connectivity index (χ1n) is 4.91. The number of Topliss-reactive ketones (excluding diaryl/α,β-unsaturated/α-hetero) is 1. The number of halogens is 3. The van der Waals surface area contributed by atoms with Crippen LogP contribution in [0.4, 0.5) is 0 Å². The van der Waals surface area contributed by atoms with Crippen molar-refractivity contribution in [3.63, 3.8) is 0 Å². The summed E-state index contributed by atoms with van der Waals surface area (Å²) in [7, 11) is 0. The van der Waals surface area contributed by atoms with E-state index in [1.807, 2.05) is 0 Å². The summed E-state index contributed by atoms with van der Waals surface area (Å²) in [6.07, 6.45) is 0. The maximum absolute atomic E-state index is 11.8. The summed E-state index contributed by atoms with van der Waals surface area (Å²) in [6.45, 7) is 5.56. The summed E-state index contributed by atoms with van der Waals surface area (Å²) < 4.78 is 2.91. The Morgan fingerprint density at radius 3 is 2.12 bits per heavy atom. The molecule has 92 valence electrons. The van der Waals surface area contributed by atoms with Crippen LogP contribution in [0.15, 0.2) is 0 Å². The molecule has 1 aliphatic rings. The van der Waals surface area contributed by atoms with E-state index in [2.05, 4.69) is 0 Å². The topological polar surface area (TPSA) is 43.4 Å². The van der Waals surface area contributed by atoms with E-state index in [9.17, 15) is 9.59 Å². The van der Waals surface area contributed by atoms with E-state index < -0.39 is 32.8 Å². The highest BCUT2D eigenvalue weighted by atomic mass is 35.6. The van der Waals surface area contributed by atoms with Gasteiger partial charge in [-0.1, -0.05) is 48.7 Å². The Labute approximate surface area is 109 Å². The van der Waals surface area contributed by atoms with Gasteiger partial charge in [-0.25, -0.2) is 0 Å². The molecule has 0 heterocycles. The number of esters is 1. The van der Waals surface area contributed by atoms with Gasteiger partial charge in [0, 0.05) is 5.92 Å². The van der Waals surface area contributed by atoms with E-state index >= 15 is 0 Å². The molecule has 1 saturated carbocycles. The molecule has 6 heteroatoms. The fraction of sp³-hybridized carbons (Fsp3) is 0.800. The van der Waals surface area contributed by atoms with E-state index in [0.29, 0.717) is 0 Å². The minimum absolute atomic E-state index is 0.278. The molecular weight excluding hydrogens is 274 g/mol. The monoisotopic (exact) mass is 286 g/mol. The Balaban J connectivity index is 2.79. The number of carbonyl (C=O) groups excluding carboxylic acids is 2. The molecule has 1 rings (SSSR count). The summed E-state index contributed by atoms with van der Waals surface area (Å²) in [6, 6.07) is 0. The van der Waals surface area contributed by atoms with Gasteiger partial charge in [0.25, 0.3) is 0 Å². The smallest absolute Gasteiger partial charge is 0.310 e. The molecule has 2 atom stereocenters. The molecular formula is C10H13Cl3O3. The summed E-state index contributed by atoms with van der Waals surface area (Å²) in [5, 5.41) is 0. The third-order valence-corrected chi connectivity index (χ3v) is 3.49. The molecule has 0 aromatic rings. The first-order valence-corrected chi connectivity index (χ1v) is 6.05. The highest BCUT2D eigenvalue weighted by Gasteiger charge is 2.68.